The van der Waals surface area contributed by atoms with Crippen molar-refractivity contribution in [3.05, 3.63) is 94.0 Å². The number of carbonyl (C=O) groups excluding carboxylic acids is 4. The van der Waals surface area contributed by atoms with Crippen LogP contribution in [0, 0.1) is 5.92 Å². The van der Waals surface area contributed by atoms with Gasteiger partial charge in [-0.2, -0.15) is 0 Å². The van der Waals surface area contributed by atoms with Crippen molar-refractivity contribution in [3.63, 3.8) is 0 Å². The van der Waals surface area contributed by atoms with Gasteiger partial charge in [0, 0.05) is 33.4 Å². The minimum Gasteiger partial charge on any atom is -0.481 e. The molecule has 2 amide bonds. The van der Waals surface area contributed by atoms with Gasteiger partial charge in [-0.25, -0.2) is 0 Å². The summed E-state index contributed by atoms with van der Waals surface area (Å²) in [5.74, 6) is -5.35. The molecule has 37 heavy (non-hydrogen) atoms. The maximum absolute atomic E-state index is 13.7. The predicted molar refractivity (Wildman–Crippen MR) is 138 cm³/mol. The molecule has 0 aromatic heterocycles. The maximum atomic E-state index is 13.7. The number of ketones is 2. The van der Waals surface area contributed by atoms with Crippen molar-refractivity contribution in [2.45, 2.75) is 18.9 Å². The van der Waals surface area contributed by atoms with Gasteiger partial charge in [0.2, 0.25) is 11.7 Å². The number of aliphatic carboxylic acids is 1. The van der Waals surface area contributed by atoms with Gasteiger partial charge in [0.25, 0.3) is 5.91 Å². The van der Waals surface area contributed by atoms with Crippen LogP contribution in [0.3, 0.4) is 0 Å². The molecule has 10 heteroatoms. The zero-order chi connectivity index (χ0) is 26.7. The van der Waals surface area contributed by atoms with E-state index in [1.165, 1.54) is 35.2 Å². The molecular weight excluding hydrogens is 519 g/mol. The normalized spacial score (nSPS) is 17.1. The van der Waals surface area contributed by atoms with E-state index in [1.807, 2.05) is 0 Å². The first kappa shape index (κ1) is 26.1. The summed E-state index contributed by atoms with van der Waals surface area (Å²) >= 11 is 12.2. The number of halogens is 2. The fraction of sp³-hybridized carbons (Fsp3) is 0.148. The lowest BCUT2D eigenvalue weighted by atomic mass is 9.86. The molecular formula is C27H20Cl2N2O6. The molecule has 0 saturated carbocycles. The van der Waals surface area contributed by atoms with E-state index in [9.17, 15) is 24.0 Å². The summed E-state index contributed by atoms with van der Waals surface area (Å²) in [7, 11) is 0. The van der Waals surface area contributed by atoms with Crippen molar-refractivity contribution in [3.8, 4) is 0 Å². The Labute approximate surface area is 221 Å². The molecule has 1 saturated heterocycles. The smallest absolute Gasteiger partial charge is 0.303 e. The first-order valence-electron chi connectivity index (χ1n) is 11.2. The van der Waals surface area contributed by atoms with Crippen LogP contribution in [0.15, 0.2) is 72.8 Å². The van der Waals surface area contributed by atoms with Crippen LogP contribution in [0.5, 0.6) is 0 Å². The predicted octanol–water partition coefficient (Wildman–Crippen LogP) is 4.95. The summed E-state index contributed by atoms with van der Waals surface area (Å²) in [5.41, 5.74) is 1.25. The fourth-order valence-corrected chi connectivity index (χ4v) is 4.52. The maximum Gasteiger partial charge on any atom is 0.303 e. The molecule has 2 atom stereocenters. The fourth-order valence-electron chi connectivity index (χ4n) is 4.21. The molecule has 0 bridgehead atoms. The zero-order valence-corrected chi connectivity index (χ0v) is 20.7. The van der Waals surface area contributed by atoms with Crippen LogP contribution in [0.4, 0.5) is 11.4 Å². The molecule has 8 nitrogen and oxygen atoms in total. The van der Waals surface area contributed by atoms with E-state index in [-0.39, 0.29) is 24.1 Å². The number of rotatable bonds is 8. The summed E-state index contributed by atoms with van der Waals surface area (Å²) in [6.07, 6.45) is -0.582. The highest BCUT2D eigenvalue weighted by Gasteiger charge is 2.52. The van der Waals surface area contributed by atoms with Gasteiger partial charge in [-0.05, 0) is 48.0 Å². The van der Waals surface area contributed by atoms with Crippen molar-refractivity contribution in [1.82, 2.24) is 0 Å². The standard InChI is InChI=1S/C27H20Cl2N2O6/c28-17-9-7-15(8-10-17)24-23(26(36)27(37)31(24)20-6-2-4-18(29)14-20)25(35)16-3-1-5-19(13-16)30-21(32)11-12-22(33)34/h1-10,13-14,23-24H,11-12H2,(H,30,32)(H,33,34). The quantitative estimate of drug-likeness (QED) is 0.237. The molecule has 1 heterocycles. The molecule has 3 aromatic carbocycles. The van der Waals surface area contributed by atoms with Crippen LogP contribution in [0.1, 0.15) is 34.8 Å². The third-order valence-electron chi connectivity index (χ3n) is 5.88. The van der Waals surface area contributed by atoms with Crippen molar-refractivity contribution >= 4 is 63.9 Å². The number of carboxylic acids is 1. The summed E-state index contributed by atoms with van der Waals surface area (Å²) in [6.45, 7) is 0. The largest absolute Gasteiger partial charge is 0.481 e. The lowest BCUT2D eigenvalue weighted by Crippen LogP contribution is -2.30. The number of hydrogen-bond donors (Lipinski definition) is 2. The summed E-state index contributed by atoms with van der Waals surface area (Å²) in [6, 6.07) is 17.9. The number of carboxylic acid groups (broad SMARTS) is 1. The second-order valence-electron chi connectivity index (χ2n) is 8.38. The van der Waals surface area contributed by atoms with Crippen molar-refractivity contribution in [2.75, 3.05) is 10.2 Å². The first-order chi connectivity index (χ1) is 17.7. The number of hydrogen-bond acceptors (Lipinski definition) is 5. The number of anilines is 2. The van der Waals surface area contributed by atoms with E-state index < -0.39 is 41.3 Å². The van der Waals surface area contributed by atoms with Crippen molar-refractivity contribution in [1.29, 1.82) is 0 Å². The summed E-state index contributed by atoms with van der Waals surface area (Å²) < 4.78 is 0. The van der Waals surface area contributed by atoms with Gasteiger partial charge in [0.05, 0.1) is 12.5 Å². The van der Waals surface area contributed by atoms with Gasteiger partial charge < -0.3 is 10.4 Å². The summed E-state index contributed by atoms with van der Waals surface area (Å²) in [4.78, 5) is 64.2. The third kappa shape index (κ3) is 5.71. The van der Waals surface area contributed by atoms with Crippen LogP contribution >= 0.6 is 23.2 Å². The lowest BCUT2D eigenvalue weighted by Gasteiger charge is -2.27. The van der Waals surface area contributed by atoms with Gasteiger partial charge >= 0.3 is 5.97 Å². The molecule has 0 spiro atoms. The molecule has 0 radical (unpaired) electrons. The minimum atomic E-state index is -1.37. The van der Waals surface area contributed by atoms with Crippen LogP contribution in [-0.4, -0.2) is 34.5 Å². The van der Waals surface area contributed by atoms with Crippen LogP contribution in [0.25, 0.3) is 0 Å². The monoisotopic (exact) mass is 538 g/mol. The van der Waals surface area contributed by atoms with E-state index in [4.69, 9.17) is 28.3 Å². The third-order valence-corrected chi connectivity index (χ3v) is 6.37. The highest BCUT2D eigenvalue weighted by Crippen LogP contribution is 2.42. The Hall–Kier alpha value is -4.01. The van der Waals surface area contributed by atoms with E-state index in [0.29, 0.717) is 21.3 Å². The lowest BCUT2D eigenvalue weighted by molar-refractivity contribution is -0.138. The van der Waals surface area contributed by atoms with Crippen LogP contribution < -0.4 is 10.2 Å². The van der Waals surface area contributed by atoms with Crippen LogP contribution in [0.2, 0.25) is 10.0 Å². The SMILES string of the molecule is O=C(O)CCC(=O)Nc1cccc(C(=O)C2C(=O)C(=O)N(c3cccc(Cl)c3)C2c2ccc(Cl)cc2)c1. The molecule has 2 N–H and O–H groups in total. The van der Waals surface area contributed by atoms with E-state index >= 15 is 0 Å². The molecule has 0 aliphatic carbocycles. The van der Waals surface area contributed by atoms with Crippen molar-refractivity contribution < 1.29 is 29.1 Å². The average Bonchev–Trinajstić information content (AvgIpc) is 3.13. The second kappa shape index (κ2) is 10.9. The van der Waals surface area contributed by atoms with Gasteiger partial charge in [0.15, 0.2) is 5.78 Å². The van der Waals surface area contributed by atoms with Gasteiger partial charge in [0.1, 0.15) is 5.92 Å². The number of carbonyl (C=O) groups is 5. The number of Topliss-reactive ketones (excluding diaryl/α,β-unsaturated/α-hetero) is 2. The molecule has 2 unspecified atom stereocenters. The average molecular weight is 539 g/mol. The summed E-state index contributed by atoms with van der Waals surface area (Å²) in [5, 5.41) is 12.1. The van der Waals surface area contributed by atoms with Gasteiger partial charge in [-0.1, -0.05) is 53.5 Å². The number of amides is 2. The Bertz CT molecular complexity index is 1410. The Morgan fingerprint density at radius 3 is 2.24 bits per heavy atom. The highest BCUT2D eigenvalue weighted by molar-refractivity contribution is 6.49. The molecule has 4 rings (SSSR count). The van der Waals surface area contributed by atoms with Gasteiger partial charge in [-0.3, -0.25) is 28.9 Å². The molecule has 188 valence electrons. The van der Waals surface area contributed by atoms with E-state index in [0.717, 1.165) is 0 Å². The number of benzene rings is 3. The Balaban J connectivity index is 1.71. The molecule has 3 aromatic rings. The first-order valence-corrected chi connectivity index (χ1v) is 12.0. The Kier molecular flexibility index (Phi) is 7.71. The Morgan fingerprint density at radius 2 is 1.57 bits per heavy atom. The number of nitrogens with zero attached hydrogens (tertiary/aromatic N) is 1. The van der Waals surface area contributed by atoms with E-state index in [2.05, 4.69) is 5.32 Å². The molecule has 1 aliphatic heterocycles. The van der Waals surface area contributed by atoms with Crippen molar-refractivity contribution in [2.24, 2.45) is 5.92 Å². The second-order valence-corrected chi connectivity index (χ2v) is 9.25. The topological polar surface area (TPSA) is 121 Å². The molecule has 1 aliphatic rings. The Morgan fingerprint density at radius 1 is 0.865 bits per heavy atom. The molecule has 1 fully saturated rings. The van der Waals surface area contributed by atoms with Crippen LogP contribution in [-0.2, 0) is 19.2 Å². The zero-order valence-electron chi connectivity index (χ0n) is 19.2. The highest BCUT2D eigenvalue weighted by atomic mass is 35.5. The minimum absolute atomic E-state index is 0.106. The van der Waals surface area contributed by atoms with Gasteiger partial charge in [-0.15, -0.1) is 0 Å². The van der Waals surface area contributed by atoms with E-state index in [1.54, 1.807) is 42.5 Å². The number of nitrogens with one attached hydrogen (secondary N) is 1.